The molecule has 0 unspecified atom stereocenters. The predicted octanol–water partition coefficient (Wildman–Crippen LogP) is 3.34. The third kappa shape index (κ3) is 4.30. The van der Waals surface area contributed by atoms with Gasteiger partial charge in [0.15, 0.2) is 0 Å². The molecule has 5 rings (SSSR count). The highest BCUT2D eigenvalue weighted by Crippen LogP contribution is 2.34. The van der Waals surface area contributed by atoms with Gasteiger partial charge in [-0.2, -0.15) is 0 Å². The van der Waals surface area contributed by atoms with E-state index in [2.05, 4.69) is 19.9 Å². The van der Waals surface area contributed by atoms with Gasteiger partial charge in [-0.25, -0.2) is 15.0 Å². The molecular formula is C24H27N7O. The summed E-state index contributed by atoms with van der Waals surface area (Å²) < 4.78 is 0. The van der Waals surface area contributed by atoms with Crippen molar-refractivity contribution in [3.05, 3.63) is 60.7 Å². The Morgan fingerprint density at radius 2 is 1.78 bits per heavy atom. The Balaban J connectivity index is 1.47. The van der Waals surface area contributed by atoms with Gasteiger partial charge in [-0.15, -0.1) is 0 Å². The molecule has 2 aliphatic rings. The maximum absolute atomic E-state index is 13.0. The summed E-state index contributed by atoms with van der Waals surface area (Å²) >= 11 is 0. The van der Waals surface area contributed by atoms with Crippen molar-refractivity contribution in [3.8, 4) is 11.1 Å². The topological polar surface area (TPSA) is 88.0 Å². The van der Waals surface area contributed by atoms with Gasteiger partial charge in [-0.05, 0) is 38.2 Å². The summed E-state index contributed by atoms with van der Waals surface area (Å²) in [4.78, 5) is 39.5. The normalized spacial score (nSPS) is 19.1. The monoisotopic (exact) mass is 429 g/mol. The molecule has 0 aromatic carbocycles. The van der Waals surface area contributed by atoms with Gasteiger partial charge in [-0.1, -0.05) is 6.07 Å². The van der Waals surface area contributed by atoms with E-state index in [1.807, 2.05) is 29.4 Å². The van der Waals surface area contributed by atoms with Crippen LogP contribution in [0.25, 0.3) is 11.1 Å². The van der Waals surface area contributed by atoms with Gasteiger partial charge in [0.25, 0.3) is 5.91 Å². The number of likely N-dealkylation sites (tertiary alicyclic amines) is 1. The van der Waals surface area contributed by atoms with Crippen LogP contribution < -0.4 is 4.90 Å². The predicted molar refractivity (Wildman–Crippen MR) is 121 cm³/mol. The van der Waals surface area contributed by atoms with E-state index >= 15 is 0 Å². The highest BCUT2D eigenvalue weighted by molar-refractivity contribution is 5.92. The summed E-state index contributed by atoms with van der Waals surface area (Å²) in [7, 11) is 0. The number of anilines is 1. The van der Waals surface area contributed by atoms with E-state index in [0.717, 1.165) is 55.2 Å². The third-order valence-corrected chi connectivity index (χ3v) is 6.29. The Labute approximate surface area is 187 Å². The van der Waals surface area contributed by atoms with Gasteiger partial charge >= 0.3 is 0 Å². The Morgan fingerprint density at radius 3 is 2.56 bits per heavy atom. The van der Waals surface area contributed by atoms with Crippen molar-refractivity contribution in [1.29, 1.82) is 0 Å². The molecule has 0 spiro atoms. The van der Waals surface area contributed by atoms with Gasteiger partial charge in [0.1, 0.15) is 5.69 Å². The minimum atomic E-state index is -0.0731. The molecule has 8 nitrogen and oxygen atoms in total. The number of pyridine rings is 1. The lowest BCUT2D eigenvalue weighted by Gasteiger charge is -2.34. The van der Waals surface area contributed by atoms with E-state index in [4.69, 9.17) is 9.97 Å². The van der Waals surface area contributed by atoms with Crippen molar-refractivity contribution in [1.82, 2.24) is 29.8 Å². The van der Waals surface area contributed by atoms with E-state index in [1.165, 1.54) is 25.5 Å². The van der Waals surface area contributed by atoms with Crippen molar-refractivity contribution in [2.24, 2.45) is 0 Å². The van der Waals surface area contributed by atoms with Crippen LogP contribution in [-0.2, 0) is 0 Å². The van der Waals surface area contributed by atoms with Gasteiger partial charge in [0.05, 0.1) is 11.9 Å². The van der Waals surface area contributed by atoms with Crippen LogP contribution in [0.3, 0.4) is 0 Å². The smallest absolute Gasteiger partial charge is 0.274 e. The second-order valence-corrected chi connectivity index (χ2v) is 8.44. The molecule has 2 aliphatic heterocycles. The quantitative estimate of drug-likeness (QED) is 0.628. The number of piperidine rings is 2. The SMILES string of the molecule is O=C(c1cnccn1)N1CCC[C@@H](c2nc(N3CCCCC3)ncc2-c2cccnc2)C1. The number of carbonyl (C=O) groups is 1. The Bertz CT molecular complexity index is 1050. The fourth-order valence-corrected chi connectivity index (χ4v) is 4.64. The number of nitrogens with zero attached hydrogens (tertiary/aromatic N) is 7. The van der Waals surface area contributed by atoms with Crippen molar-refractivity contribution >= 4 is 11.9 Å². The molecule has 1 amide bonds. The van der Waals surface area contributed by atoms with Gasteiger partial charge in [0, 0.05) is 74.2 Å². The standard InChI is InChI=1S/C24H27N7O/c32-23(21-16-26-9-10-27-21)31-13-5-7-19(17-31)22-20(18-6-4-8-25-14-18)15-28-24(29-22)30-11-2-1-3-12-30/h4,6,8-10,14-16,19H,1-3,5,7,11-13,17H2/t19-/m1/s1. The molecule has 2 fully saturated rings. The molecule has 0 radical (unpaired) electrons. The molecule has 0 saturated carbocycles. The van der Waals surface area contributed by atoms with E-state index in [0.29, 0.717) is 12.2 Å². The third-order valence-electron chi connectivity index (χ3n) is 6.29. The largest absolute Gasteiger partial charge is 0.341 e. The minimum absolute atomic E-state index is 0.0731. The second-order valence-electron chi connectivity index (χ2n) is 8.44. The molecule has 5 heterocycles. The first-order chi connectivity index (χ1) is 15.8. The Kier molecular flexibility index (Phi) is 6.00. The summed E-state index contributed by atoms with van der Waals surface area (Å²) in [6.45, 7) is 3.32. The average molecular weight is 430 g/mol. The van der Waals surface area contributed by atoms with E-state index < -0.39 is 0 Å². The van der Waals surface area contributed by atoms with Gasteiger partial charge in [0.2, 0.25) is 5.95 Å². The zero-order chi connectivity index (χ0) is 21.8. The summed E-state index contributed by atoms with van der Waals surface area (Å²) in [5, 5.41) is 0. The van der Waals surface area contributed by atoms with Crippen LogP contribution in [-0.4, -0.2) is 61.9 Å². The maximum Gasteiger partial charge on any atom is 0.274 e. The number of carbonyl (C=O) groups excluding carboxylic acids is 1. The highest BCUT2D eigenvalue weighted by Gasteiger charge is 2.30. The van der Waals surface area contributed by atoms with Crippen LogP contribution in [0.2, 0.25) is 0 Å². The molecule has 0 aliphatic carbocycles. The summed E-state index contributed by atoms with van der Waals surface area (Å²) in [5.41, 5.74) is 3.39. The number of hydrogen-bond acceptors (Lipinski definition) is 7. The van der Waals surface area contributed by atoms with Crippen LogP contribution >= 0.6 is 0 Å². The summed E-state index contributed by atoms with van der Waals surface area (Å²) in [5.74, 6) is 0.854. The Hall–Kier alpha value is -3.42. The molecule has 1 atom stereocenters. The first-order valence-electron chi connectivity index (χ1n) is 11.4. The van der Waals surface area contributed by atoms with E-state index in [9.17, 15) is 4.79 Å². The van der Waals surface area contributed by atoms with Crippen molar-refractivity contribution < 1.29 is 4.79 Å². The zero-order valence-electron chi connectivity index (χ0n) is 18.1. The molecule has 2 saturated heterocycles. The van der Waals surface area contributed by atoms with Crippen LogP contribution in [0.5, 0.6) is 0 Å². The van der Waals surface area contributed by atoms with Crippen LogP contribution in [0.1, 0.15) is 54.2 Å². The first-order valence-corrected chi connectivity index (χ1v) is 11.4. The van der Waals surface area contributed by atoms with Crippen LogP contribution in [0.15, 0.2) is 49.3 Å². The van der Waals surface area contributed by atoms with E-state index in [-0.39, 0.29) is 11.8 Å². The van der Waals surface area contributed by atoms with E-state index in [1.54, 1.807) is 18.6 Å². The maximum atomic E-state index is 13.0. The lowest BCUT2D eigenvalue weighted by atomic mass is 9.90. The first kappa shape index (κ1) is 20.5. The molecule has 0 bridgehead atoms. The highest BCUT2D eigenvalue weighted by atomic mass is 16.2. The Morgan fingerprint density at radius 1 is 0.906 bits per heavy atom. The van der Waals surface area contributed by atoms with Gasteiger partial charge < -0.3 is 9.80 Å². The molecule has 164 valence electrons. The average Bonchev–Trinajstić information content (AvgIpc) is 2.89. The lowest BCUT2D eigenvalue weighted by Crippen LogP contribution is -2.40. The molecule has 32 heavy (non-hydrogen) atoms. The van der Waals surface area contributed by atoms with Crippen LogP contribution in [0.4, 0.5) is 5.95 Å². The van der Waals surface area contributed by atoms with Crippen molar-refractivity contribution in [2.45, 2.75) is 38.0 Å². The summed E-state index contributed by atoms with van der Waals surface area (Å²) in [6, 6.07) is 3.98. The molecule has 3 aromatic rings. The second kappa shape index (κ2) is 9.38. The molecule has 3 aromatic heterocycles. The summed E-state index contributed by atoms with van der Waals surface area (Å²) in [6.07, 6.45) is 15.8. The minimum Gasteiger partial charge on any atom is -0.341 e. The van der Waals surface area contributed by atoms with Crippen LogP contribution in [0, 0.1) is 0 Å². The molecule has 8 heteroatoms. The fourth-order valence-electron chi connectivity index (χ4n) is 4.64. The van der Waals surface area contributed by atoms with Gasteiger partial charge in [-0.3, -0.25) is 14.8 Å². The number of aromatic nitrogens is 5. The number of amides is 1. The number of hydrogen-bond donors (Lipinski definition) is 0. The molecule has 0 N–H and O–H groups in total. The van der Waals surface area contributed by atoms with Crippen molar-refractivity contribution in [2.75, 3.05) is 31.1 Å². The van der Waals surface area contributed by atoms with Crippen molar-refractivity contribution in [3.63, 3.8) is 0 Å². The number of rotatable bonds is 4. The molecular weight excluding hydrogens is 402 g/mol. The zero-order valence-corrected chi connectivity index (χ0v) is 18.1. The fraction of sp³-hybridized carbons (Fsp3) is 0.417. The lowest BCUT2D eigenvalue weighted by molar-refractivity contribution is 0.0699.